The van der Waals surface area contributed by atoms with E-state index in [9.17, 15) is 9.59 Å². The summed E-state index contributed by atoms with van der Waals surface area (Å²) in [5.41, 5.74) is 3.23. The largest absolute Gasteiger partial charge is 0.447 e. The second-order valence-corrected chi connectivity index (χ2v) is 5.32. The first-order chi connectivity index (χ1) is 11.2. The van der Waals surface area contributed by atoms with Crippen LogP contribution in [0.5, 0.6) is 0 Å². The predicted octanol–water partition coefficient (Wildman–Crippen LogP) is 3.46. The molecule has 0 atom stereocenters. The fraction of sp³-hybridized carbons (Fsp3) is 0.222. The minimum Gasteiger partial charge on any atom is -0.447 e. The van der Waals surface area contributed by atoms with Crippen LogP contribution >= 0.6 is 0 Å². The Morgan fingerprint density at radius 3 is 2.65 bits per heavy atom. The van der Waals surface area contributed by atoms with Crippen LogP contribution in [0.15, 0.2) is 48.5 Å². The number of nitrogens with one attached hydrogen (secondary N) is 1. The normalized spacial score (nSPS) is 13.8. The molecule has 2 aromatic carbocycles. The van der Waals surface area contributed by atoms with E-state index < -0.39 is 0 Å². The number of benzene rings is 2. The van der Waals surface area contributed by atoms with Gasteiger partial charge in [-0.15, -0.1) is 0 Å². The number of rotatable bonds is 4. The maximum atomic E-state index is 12.3. The number of anilines is 2. The van der Waals surface area contributed by atoms with Gasteiger partial charge in [0, 0.05) is 16.9 Å². The number of aryl methyl sites for hydroxylation is 1. The van der Waals surface area contributed by atoms with Crippen LogP contribution in [0.25, 0.3) is 0 Å². The topological polar surface area (TPSA) is 58.6 Å². The smallest absolute Gasteiger partial charge is 0.414 e. The fourth-order valence-corrected chi connectivity index (χ4v) is 2.49. The predicted molar refractivity (Wildman–Crippen MR) is 88.9 cm³/mol. The molecule has 1 heterocycles. The van der Waals surface area contributed by atoms with Crippen LogP contribution in [-0.2, 0) is 11.2 Å². The Labute approximate surface area is 134 Å². The molecule has 1 saturated heterocycles. The third-order valence-electron chi connectivity index (χ3n) is 3.80. The summed E-state index contributed by atoms with van der Waals surface area (Å²) in [7, 11) is 0. The summed E-state index contributed by atoms with van der Waals surface area (Å²) in [5, 5.41) is 2.89. The van der Waals surface area contributed by atoms with Crippen molar-refractivity contribution in [3.05, 3.63) is 59.7 Å². The number of hydrogen-bond donors (Lipinski definition) is 1. The molecular weight excluding hydrogens is 292 g/mol. The van der Waals surface area contributed by atoms with E-state index in [1.54, 1.807) is 29.2 Å². The molecule has 0 aromatic heterocycles. The van der Waals surface area contributed by atoms with E-state index in [0.29, 0.717) is 18.7 Å². The Kier molecular flexibility index (Phi) is 4.28. The Bertz CT molecular complexity index is 725. The van der Waals surface area contributed by atoms with Crippen molar-refractivity contribution in [1.82, 2.24) is 0 Å². The number of amides is 2. The number of hydrogen-bond acceptors (Lipinski definition) is 3. The van der Waals surface area contributed by atoms with E-state index in [4.69, 9.17) is 4.74 Å². The lowest BCUT2D eigenvalue weighted by Crippen LogP contribution is -2.23. The molecule has 1 fully saturated rings. The van der Waals surface area contributed by atoms with E-state index >= 15 is 0 Å². The maximum absolute atomic E-state index is 12.3. The zero-order valence-corrected chi connectivity index (χ0v) is 12.9. The summed E-state index contributed by atoms with van der Waals surface area (Å²) in [6.07, 6.45) is 0.572. The molecule has 0 unspecified atom stereocenters. The molecular formula is C18H18N2O3. The van der Waals surface area contributed by atoms with E-state index in [-0.39, 0.29) is 12.0 Å². The number of carbonyl (C=O) groups excluding carboxylic acids is 2. The van der Waals surface area contributed by atoms with Crippen molar-refractivity contribution in [1.29, 1.82) is 0 Å². The zero-order chi connectivity index (χ0) is 16.2. The van der Waals surface area contributed by atoms with Crippen LogP contribution in [0.2, 0.25) is 0 Å². The van der Waals surface area contributed by atoms with Crippen LogP contribution in [0.1, 0.15) is 22.8 Å². The summed E-state index contributed by atoms with van der Waals surface area (Å²) in [6, 6.07) is 14.7. The van der Waals surface area contributed by atoms with Gasteiger partial charge >= 0.3 is 6.09 Å². The number of cyclic esters (lactones) is 1. The van der Waals surface area contributed by atoms with Crippen LogP contribution in [0.3, 0.4) is 0 Å². The molecule has 0 saturated carbocycles. The van der Waals surface area contributed by atoms with Gasteiger partial charge in [-0.1, -0.05) is 19.1 Å². The molecule has 2 amide bonds. The van der Waals surface area contributed by atoms with Gasteiger partial charge < -0.3 is 10.1 Å². The number of nitrogens with zero attached hydrogens (tertiary/aromatic N) is 1. The highest BCUT2D eigenvalue weighted by Gasteiger charge is 2.23. The Morgan fingerprint density at radius 1 is 1.22 bits per heavy atom. The molecule has 1 aliphatic heterocycles. The van der Waals surface area contributed by atoms with Crippen LogP contribution < -0.4 is 10.2 Å². The minimum absolute atomic E-state index is 0.172. The lowest BCUT2D eigenvalue weighted by atomic mass is 10.1. The van der Waals surface area contributed by atoms with Crippen molar-refractivity contribution in [2.75, 3.05) is 23.4 Å². The molecule has 5 nitrogen and oxygen atoms in total. The molecule has 2 aromatic rings. The van der Waals surface area contributed by atoms with Gasteiger partial charge in [-0.3, -0.25) is 9.69 Å². The van der Waals surface area contributed by atoms with Crippen molar-refractivity contribution < 1.29 is 14.3 Å². The first-order valence-electron chi connectivity index (χ1n) is 7.62. The molecule has 0 aliphatic carbocycles. The van der Waals surface area contributed by atoms with Crippen LogP contribution in [0, 0.1) is 0 Å². The molecule has 5 heteroatoms. The summed E-state index contributed by atoms with van der Waals surface area (Å²) >= 11 is 0. The van der Waals surface area contributed by atoms with E-state index in [2.05, 4.69) is 12.2 Å². The van der Waals surface area contributed by atoms with Gasteiger partial charge in [-0.2, -0.15) is 0 Å². The third-order valence-corrected chi connectivity index (χ3v) is 3.80. The maximum Gasteiger partial charge on any atom is 0.414 e. The van der Waals surface area contributed by atoms with E-state index in [1.807, 2.05) is 24.3 Å². The Balaban J connectivity index is 1.71. The van der Waals surface area contributed by atoms with Crippen molar-refractivity contribution in [3.63, 3.8) is 0 Å². The molecule has 0 radical (unpaired) electrons. The first kappa shape index (κ1) is 15.1. The highest BCUT2D eigenvalue weighted by molar-refractivity contribution is 6.04. The second-order valence-electron chi connectivity index (χ2n) is 5.32. The molecule has 1 N–H and O–H groups in total. The third kappa shape index (κ3) is 3.34. The fourth-order valence-electron chi connectivity index (χ4n) is 2.49. The van der Waals surface area contributed by atoms with E-state index in [0.717, 1.165) is 17.8 Å². The quantitative estimate of drug-likeness (QED) is 0.941. The van der Waals surface area contributed by atoms with Crippen LogP contribution in [-0.4, -0.2) is 25.2 Å². The van der Waals surface area contributed by atoms with Crippen LogP contribution in [0.4, 0.5) is 16.2 Å². The average Bonchev–Trinajstić information content (AvgIpc) is 3.01. The summed E-state index contributed by atoms with van der Waals surface area (Å²) in [5.74, 6) is -0.172. The molecule has 3 rings (SSSR count). The highest BCUT2D eigenvalue weighted by Crippen LogP contribution is 2.20. The van der Waals surface area contributed by atoms with Gasteiger partial charge in [0.25, 0.3) is 5.91 Å². The Hall–Kier alpha value is -2.82. The van der Waals surface area contributed by atoms with Gasteiger partial charge in [0.2, 0.25) is 0 Å². The summed E-state index contributed by atoms with van der Waals surface area (Å²) in [6.45, 7) is 3.01. The second kappa shape index (κ2) is 6.52. The van der Waals surface area contributed by atoms with Gasteiger partial charge in [0.15, 0.2) is 0 Å². The molecule has 0 bridgehead atoms. The average molecular weight is 310 g/mol. The van der Waals surface area contributed by atoms with E-state index in [1.165, 1.54) is 5.56 Å². The van der Waals surface area contributed by atoms with Gasteiger partial charge in [-0.05, 0) is 48.4 Å². The lowest BCUT2D eigenvalue weighted by molar-refractivity contribution is 0.102. The number of ether oxygens (including phenoxy) is 1. The molecule has 118 valence electrons. The summed E-state index contributed by atoms with van der Waals surface area (Å²) in [4.78, 5) is 25.4. The van der Waals surface area contributed by atoms with Gasteiger partial charge in [0.1, 0.15) is 6.61 Å². The molecule has 1 aliphatic rings. The number of carbonyl (C=O) groups is 2. The van der Waals surface area contributed by atoms with Gasteiger partial charge in [-0.25, -0.2) is 4.79 Å². The zero-order valence-electron chi connectivity index (χ0n) is 12.9. The minimum atomic E-state index is -0.349. The first-order valence-corrected chi connectivity index (χ1v) is 7.62. The monoisotopic (exact) mass is 310 g/mol. The lowest BCUT2D eigenvalue weighted by Gasteiger charge is -2.13. The highest BCUT2D eigenvalue weighted by atomic mass is 16.6. The summed E-state index contributed by atoms with van der Waals surface area (Å²) < 4.78 is 4.91. The van der Waals surface area contributed by atoms with Crippen molar-refractivity contribution in [2.24, 2.45) is 0 Å². The van der Waals surface area contributed by atoms with Crippen molar-refractivity contribution in [3.8, 4) is 0 Å². The molecule has 0 spiro atoms. The standard InChI is InChI=1S/C18H18N2O3/c1-2-13-4-3-5-15(12-13)19-17(21)14-6-8-16(9-7-14)20-10-11-23-18(20)22/h3-9,12H,2,10-11H2,1H3,(H,19,21). The molecule has 23 heavy (non-hydrogen) atoms. The SMILES string of the molecule is CCc1cccc(NC(=O)c2ccc(N3CCOC3=O)cc2)c1. The van der Waals surface area contributed by atoms with Gasteiger partial charge in [0.05, 0.1) is 6.54 Å². The Morgan fingerprint density at radius 2 is 2.00 bits per heavy atom. The van der Waals surface area contributed by atoms with Crippen molar-refractivity contribution in [2.45, 2.75) is 13.3 Å². The van der Waals surface area contributed by atoms with Crippen molar-refractivity contribution >= 4 is 23.4 Å².